The number of rotatable bonds is 12. The molecule has 39 heavy (non-hydrogen) atoms. The molecule has 1 unspecified atom stereocenters. The lowest BCUT2D eigenvalue weighted by Gasteiger charge is -2.33. The van der Waals surface area contributed by atoms with Gasteiger partial charge in [0, 0.05) is 24.5 Å². The van der Waals surface area contributed by atoms with Crippen LogP contribution >= 0.6 is 11.6 Å². The van der Waals surface area contributed by atoms with Gasteiger partial charge in [-0.2, -0.15) is 0 Å². The predicted octanol–water partition coefficient (Wildman–Crippen LogP) is 4.89. The van der Waals surface area contributed by atoms with Gasteiger partial charge >= 0.3 is 0 Å². The van der Waals surface area contributed by atoms with Crippen LogP contribution in [0.2, 0.25) is 5.02 Å². The van der Waals surface area contributed by atoms with Crippen molar-refractivity contribution in [2.24, 2.45) is 0 Å². The van der Waals surface area contributed by atoms with E-state index in [0.29, 0.717) is 17.3 Å². The zero-order valence-electron chi connectivity index (χ0n) is 22.9. The monoisotopic (exact) mass is 569 g/mol. The fraction of sp³-hybridized carbons (Fsp3) is 0.333. The molecule has 0 aliphatic rings. The van der Waals surface area contributed by atoms with Crippen molar-refractivity contribution in [2.75, 3.05) is 23.7 Å². The molecule has 0 saturated carbocycles. The van der Waals surface area contributed by atoms with E-state index in [4.69, 9.17) is 11.6 Å². The number of aryl methyl sites for hydroxylation is 2. The van der Waals surface area contributed by atoms with Crippen molar-refractivity contribution in [2.45, 2.75) is 46.2 Å². The first-order valence-corrected chi connectivity index (χ1v) is 15.1. The van der Waals surface area contributed by atoms with Crippen LogP contribution in [0.25, 0.3) is 0 Å². The van der Waals surface area contributed by atoms with Crippen molar-refractivity contribution in [1.82, 2.24) is 10.2 Å². The van der Waals surface area contributed by atoms with Gasteiger partial charge in [-0.15, -0.1) is 0 Å². The molecule has 2 amide bonds. The van der Waals surface area contributed by atoms with Gasteiger partial charge in [0.1, 0.15) is 12.6 Å². The van der Waals surface area contributed by atoms with Gasteiger partial charge < -0.3 is 10.2 Å². The Hall–Kier alpha value is -3.36. The maximum atomic E-state index is 14.0. The van der Waals surface area contributed by atoms with Crippen LogP contribution in [0, 0.1) is 13.8 Å². The number of benzene rings is 3. The molecule has 0 fully saturated rings. The quantitative estimate of drug-likeness (QED) is 0.336. The Balaban J connectivity index is 2.05. The minimum Gasteiger partial charge on any atom is -0.354 e. The minimum absolute atomic E-state index is 0.0843. The second-order valence-electron chi connectivity index (χ2n) is 9.69. The molecule has 0 saturated heterocycles. The summed E-state index contributed by atoms with van der Waals surface area (Å²) in [7, 11) is -3.81. The van der Waals surface area contributed by atoms with Gasteiger partial charge in [-0.05, 0) is 66.8 Å². The van der Waals surface area contributed by atoms with Crippen molar-refractivity contribution in [3.05, 3.63) is 100 Å². The molecule has 0 aliphatic carbocycles. The molecule has 0 aromatic heterocycles. The predicted molar refractivity (Wildman–Crippen MR) is 157 cm³/mol. The highest BCUT2D eigenvalue weighted by Crippen LogP contribution is 2.23. The topological polar surface area (TPSA) is 86.8 Å². The van der Waals surface area contributed by atoms with Crippen LogP contribution in [0.3, 0.4) is 0 Å². The Bertz CT molecular complexity index is 1400. The van der Waals surface area contributed by atoms with E-state index < -0.39 is 28.5 Å². The van der Waals surface area contributed by atoms with Crippen LogP contribution in [-0.4, -0.2) is 50.5 Å². The third kappa shape index (κ3) is 8.57. The molecule has 0 heterocycles. The first-order valence-electron chi connectivity index (χ1n) is 12.9. The molecular weight excluding hydrogens is 534 g/mol. The number of amides is 2. The average molecular weight is 570 g/mol. The number of hydrogen-bond donors (Lipinski definition) is 1. The van der Waals surface area contributed by atoms with Gasteiger partial charge in [-0.3, -0.25) is 13.9 Å². The lowest BCUT2D eigenvalue weighted by Crippen LogP contribution is -2.53. The second kappa shape index (κ2) is 13.6. The summed E-state index contributed by atoms with van der Waals surface area (Å²) in [6.07, 6.45) is 2.08. The van der Waals surface area contributed by atoms with Crippen molar-refractivity contribution < 1.29 is 18.0 Å². The van der Waals surface area contributed by atoms with Gasteiger partial charge in [0.05, 0.1) is 11.9 Å². The number of nitrogens with one attached hydrogen (secondary N) is 1. The van der Waals surface area contributed by atoms with Crippen molar-refractivity contribution in [3.63, 3.8) is 0 Å². The van der Waals surface area contributed by atoms with E-state index in [2.05, 4.69) is 5.32 Å². The third-order valence-corrected chi connectivity index (χ3v) is 7.90. The highest BCUT2D eigenvalue weighted by atomic mass is 35.5. The van der Waals surface area contributed by atoms with Gasteiger partial charge in [0.15, 0.2) is 0 Å². The number of anilines is 1. The molecule has 0 bridgehead atoms. The van der Waals surface area contributed by atoms with E-state index in [1.54, 1.807) is 30.3 Å². The lowest BCUT2D eigenvalue weighted by molar-refractivity contribution is -0.140. The van der Waals surface area contributed by atoms with Gasteiger partial charge in [0.25, 0.3) is 0 Å². The highest BCUT2D eigenvalue weighted by molar-refractivity contribution is 7.92. The summed E-state index contributed by atoms with van der Waals surface area (Å²) in [5.41, 5.74) is 3.93. The summed E-state index contributed by atoms with van der Waals surface area (Å²) < 4.78 is 26.9. The Kier molecular flexibility index (Phi) is 10.5. The smallest absolute Gasteiger partial charge is 0.244 e. The molecule has 0 aliphatic heterocycles. The maximum Gasteiger partial charge on any atom is 0.244 e. The number of sulfonamides is 1. The Morgan fingerprint density at radius 1 is 0.923 bits per heavy atom. The molecule has 3 aromatic rings. The highest BCUT2D eigenvalue weighted by Gasteiger charge is 2.33. The molecule has 3 aromatic carbocycles. The molecule has 7 nitrogen and oxygen atoms in total. The van der Waals surface area contributed by atoms with E-state index >= 15 is 0 Å². The molecule has 3 rings (SSSR count). The minimum atomic E-state index is -3.81. The summed E-state index contributed by atoms with van der Waals surface area (Å²) in [5.74, 6) is -0.792. The SMILES string of the molecule is CCCNC(=O)C(Cc1ccccc1)N(Cc1cccc(Cl)c1)C(=O)CN(c1ccc(C)c(C)c1)S(C)(=O)=O. The molecule has 0 radical (unpaired) electrons. The van der Waals surface area contributed by atoms with Crippen LogP contribution < -0.4 is 9.62 Å². The van der Waals surface area contributed by atoms with Gasteiger partial charge in [-0.25, -0.2) is 8.42 Å². The van der Waals surface area contributed by atoms with Crippen LogP contribution in [0.15, 0.2) is 72.8 Å². The molecule has 9 heteroatoms. The largest absolute Gasteiger partial charge is 0.354 e. The summed E-state index contributed by atoms with van der Waals surface area (Å²) >= 11 is 6.23. The fourth-order valence-corrected chi connectivity index (χ4v) is 5.30. The van der Waals surface area contributed by atoms with E-state index in [0.717, 1.165) is 39.2 Å². The normalized spacial score (nSPS) is 12.0. The van der Waals surface area contributed by atoms with E-state index in [9.17, 15) is 18.0 Å². The average Bonchev–Trinajstić information content (AvgIpc) is 2.89. The summed E-state index contributed by atoms with van der Waals surface area (Å²) in [6, 6.07) is 20.9. The Labute approximate surface area is 236 Å². The molecule has 208 valence electrons. The summed E-state index contributed by atoms with van der Waals surface area (Å²) in [6.45, 7) is 5.87. The number of halogens is 1. The first-order chi connectivity index (χ1) is 18.5. The fourth-order valence-electron chi connectivity index (χ4n) is 4.25. The van der Waals surface area contributed by atoms with Crippen LogP contribution in [0.4, 0.5) is 5.69 Å². The van der Waals surface area contributed by atoms with Crippen LogP contribution in [-0.2, 0) is 32.6 Å². The second-order valence-corrected chi connectivity index (χ2v) is 12.0. The van der Waals surface area contributed by atoms with Gasteiger partial charge in [-0.1, -0.05) is 67.1 Å². The molecule has 0 spiro atoms. The van der Waals surface area contributed by atoms with Crippen LogP contribution in [0.5, 0.6) is 0 Å². The first kappa shape index (κ1) is 30.2. The van der Waals surface area contributed by atoms with Crippen molar-refractivity contribution in [1.29, 1.82) is 0 Å². The number of carbonyl (C=O) groups excluding carboxylic acids is 2. The molecule has 1 N–H and O–H groups in total. The number of nitrogens with zero attached hydrogens (tertiary/aromatic N) is 2. The third-order valence-electron chi connectivity index (χ3n) is 6.52. The lowest BCUT2D eigenvalue weighted by atomic mass is 10.0. The Morgan fingerprint density at radius 2 is 1.62 bits per heavy atom. The van der Waals surface area contributed by atoms with E-state index in [1.807, 2.05) is 63.2 Å². The number of carbonyl (C=O) groups is 2. The van der Waals surface area contributed by atoms with Crippen molar-refractivity contribution >= 4 is 39.1 Å². The van der Waals surface area contributed by atoms with Crippen molar-refractivity contribution in [3.8, 4) is 0 Å². The standard InChI is InChI=1S/C30H36ClN3O4S/c1-5-16-32-30(36)28(19-24-10-7-6-8-11-24)33(20-25-12-9-13-26(31)18-25)29(35)21-34(39(4,37)38)27-15-14-22(2)23(3)17-27/h6-15,17-18,28H,5,16,19-21H2,1-4H3,(H,32,36). The molecule has 1 atom stereocenters. The van der Waals surface area contributed by atoms with E-state index in [-0.39, 0.29) is 18.9 Å². The summed E-state index contributed by atoms with van der Waals surface area (Å²) in [4.78, 5) is 29.0. The number of hydrogen-bond acceptors (Lipinski definition) is 4. The van der Waals surface area contributed by atoms with E-state index in [1.165, 1.54) is 4.90 Å². The zero-order chi connectivity index (χ0) is 28.6. The zero-order valence-corrected chi connectivity index (χ0v) is 24.4. The summed E-state index contributed by atoms with van der Waals surface area (Å²) in [5, 5.41) is 3.43. The Morgan fingerprint density at radius 3 is 2.23 bits per heavy atom. The van der Waals surface area contributed by atoms with Crippen LogP contribution in [0.1, 0.15) is 35.6 Å². The maximum absolute atomic E-state index is 14.0. The van der Waals surface area contributed by atoms with Gasteiger partial charge in [0.2, 0.25) is 21.8 Å². The molecular formula is C30H36ClN3O4S.